The maximum absolute atomic E-state index is 12.0. The monoisotopic (exact) mass is 296 g/mol. The second-order valence-corrected chi connectivity index (χ2v) is 6.16. The minimum Gasteiger partial charge on any atom is -0.349 e. The van der Waals surface area contributed by atoms with E-state index < -0.39 is 0 Å². The van der Waals surface area contributed by atoms with E-state index >= 15 is 0 Å². The van der Waals surface area contributed by atoms with Crippen LogP contribution in [0, 0.1) is 11.8 Å². The van der Waals surface area contributed by atoms with E-state index in [1.165, 1.54) is 0 Å². The Kier molecular flexibility index (Phi) is 7.03. The summed E-state index contributed by atoms with van der Waals surface area (Å²) in [4.78, 5) is 12.0. The van der Waals surface area contributed by atoms with Gasteiger partial charge < -0.3 is 11.1 Å². The highest BCUT2D eigenvalue weighted by Gasteiger charge is 2.18. The number of carbonyl (C=O) groups is 1. The lowest BCUT2D eigenvalue weighted by molar-refractivity contribution is -0.122. The van der Waals surface area contributed by atoms with Gasteiger partial charge in [-0.25, -0.2) is 0 Å². The Bertz CT molecular complexity index is 417. The maximum atomic E-state index is 12.0. The van der Waals surface area contributed by atoms with Gasteiger partial charge in [0.25, 0.3) is 0 Å². The number of nitrogens with two attached hydrogens (primary N) is 1. The van der Waals surface area contributed by atoms with Gasteiger partial charge in [-0.2, -0.15) is 0 Å². The fraction of sp³-hybridized carbons (Fsp3) is 0.562. The SMILES string of the molecule is CC(CN)CCC(=O)NC(c1ccc(Cl)cc1)C(C)C. The van der Waals surface area contributed by atoms with Crippen LogP contribution in [-0.4, -0.2) is 12.5 Å². The summed E-state index contributed by atoms with van der Waals surface area (Å²) in [6.45, 7) is 6.88. The van der Waals surface area contributed by atoms with Crippen molar-refractivity contribution in [2.45, 2.75) is 39.7 Å². The van der Waals surface area contributed by atoms with Crippen molar-refractivity contribution < 1.29 is 4.79 Å². The highest BCUT2D eigenvalue weighted by Crippen LogP contribution is 2.23. The van der Waals surface area contributed by atoms with Crippen molar-refractivity contribution in [2.24, 2.45) is 17.6 Å². The largest absolute Gasteiger partial charge is 0.349 e. The molecule has 1 aromatic rings. The van der Waals surface area contributed by atoms with E-state index in [1.807, 2.05) is 24.3 Å². The molecule has 0 bridgehead atoms. The van der Waals surface area contributed by atoms with Gasteiger partial charge >= 0.3 is 0 Å². The van der Waals surface area contributed by atoms with Crippen molar-refractivity contribution in [1.82, 2.24) is 5.32 Å². The molecule has 1 aromatic carbocycles. The normalized spacial score (nSPS) is 14.1. The fourth-order valence-corrected chi connectivity index (χ4v) is 2.17. The van der Waals surface area contributed by atoms with Crippen molar-refractivity contribution in [2.75, 3.05) is 6.54 Å². The zero-order valence-electron chi connectivity index (χ0n) is 12.5. The van der Waals surface area contributed by atoms with Gasteiger partial charge in [0.15, 0.2) is 0 Å². The van der Waals surface area contributed by atoms with Crippen LogP contribution in [0.15, 0.2) is 24.3 Å². The van der Waals surface area contributed by atoms with Gasteiger partial charge in [0.1, 0.15) is 0 Å². The van der Waals surface area contributed by atoms with Crippen molar-refractivity contribution in [3.63, 3.8) is 0 Å². The van der Waals surface area contributed by atoms with E-state index in [9.17, 15) is 4.79 Å². The first-order chi connectivity index (χ1) is 9.43. The molecule has 0 fully saturated rings. The summed E-state index contributed by atoms with van der Waals surface area (Å²) in [5.41, 5.74) is 6.66. The quantitative estimate of drug-likeness (QED) is 0.809. The molecular weight excluding hydrogens is 272 g/mol. The summed E-state index contributed by atoms with van der Waals surface area (Å²) in [5.74, 6) is 0.791. The van der Waals surface area contributed by atoms with E-state index in [0.717, 1.165) is 12.0 Å². The van der Waals surface area contributed by atoms with Crippen LogP contribution in [0.25, 0.3) is 0 Å². The van der Waals surface area contributed by atoms with Gasteiger partial charge in [0.2, 0.25) is 5.91 Å². The Labute approximate surface area is 126 Å². The van der Waals surface area contributed by atoms with Gasteiger partial charge in [-0.15, -0.1) is 0 Å². The van der Waals surface area contributed by atoms with E-state index in [0.29, 0.717) is 29.8 Å². The van der Waals surface area contributed by atoms with E-state index in [4.69, 9.17) is 17.3 Å². The Balaban J connectivity index is 2.63. The van der Waals surface area contributed by atoms with Crippen LogP contribution in [0.2, 0.25) is 5.02 Å². The van der Waals surface area contributed by atoms with E-state index in [1.54, 1.807) is 0 Å². The Morgan fingerprint density at radius 1 is 1.25 bits per heavy atom. The van der Waals surface area contributed by atoms with Crippen LogP contribution >= 0.6 is 11.6 Å². The maximum Gasteiger partial charge on any atom is 0.220 e. The Hall–Kier alpha value is -1.06. The molecule has 2 atom stereocenters. The van der Waals surface area contributed by atoms with Crippen molar-refractivity contribution >= 4 is 17.5 Å². The predicted octanol–water partition coefficient (Wildman–Crippen LogP) is 3.53. The molecule has 112 valence electrons. The Morgan fingerprint density at radius 3 is 2.35 bits per heavy atom. The molecule has 0 aromatic heterocycles. The lowest BCUT2D eigenvalue weighted by atomic mass is 9.95. The number of hydrogen-bond donors (Lipinski definition) is 2. The number of halogens is 1. The van der Waals surface area contributed by atoms with Crippen molar-refractivity contribution in [3.05, 3.63) is 34.9 Å². The molecule has 0 aliphatic rings. The molecule has 0 spiro atoms. The van der Waals surface area contributed by atoms with Crippen LogP contribution < -0.4 is 11.1 Å². The molecule has 0 saturated carbocycles. The molecule has 1 rings (SSSR count). The first-order valence-corrected chi connectivity index (χ1v) is 7.56. The molecule has 20 heavy (non-hydrogen) atoms. The van der Waals surface area contributed by atoms with Gasteiger partial charge in [0, 0.05) is 11.4 Å². The summed E-state index contributed by atoms with van der Waals surface area (Å²) < 4.78 is 0. The second kappa shape index (κ2) is 8.28. The number of rotatable bonds is 7. The number of hydrogen-bond acceptors (Lipinski definition) is 2. The summed E-state index contributed by atoms with van der Waals surface area (Å²) in [6.07, 6.45) is 1.35. The average molecular weight is 297 g/mol. The smallest absolute Gasteiger partial charge is 0.220 e. The van der Waals surface area contributed by atoms with Crippen molar-refractivity contribution in [3.8, 4) is 0 Å². The van der Waals surface area contributed by atoms with Gasteiger partial charge in [-0.05, 0) is 42.5 Å². The number of carbonyl (C=O) groups excluding carboxylic acids is 1. The second-order valence-electron chi connectivity index (χ2n) is 5.72. The highest BCUT2D eigenvalue weighted by molar-refractivity contribution is 6.30. The van der Waals surface area contributed by atoms with Crippen LogP contribution in [0.4, 0.5) is 0 Å². The first-order valence-electron chi connectivity index (χ1n) is 7.19. The van der Waals surface area contributed by atoms with Gasteiger partial charge in [-0.3, -0.25) is 4.79 Å². The third-order valence-corrected chi connectivity index (χ3v) is 3.73. The Morgan fingerprint density at radius 2 is 1.85 bits per heavy atom. The minimum absolute atomic E-state index is 0.0212. The molecule has 4 heteroatoms. The molecule has 0 saturated heterocycles. The molecule has 0 aliphatic heterocycles. The van der Waals surface area contributed by atoms with Gasteiger partial charge in [0.05, 0.1) is 6.04 Å². The molecule has 0 heterocycles. The third kappa shape index (κ3) is 5.51. The minimum atomic E-state index is 0.0212. The van der Waals surface area contributed by atoms with Crippen LogP contribution in [0.1, 0.15) is 45.2 Å². The molecule has 0 aliphatic carbocycles. The highest BCUT2D eigenvalue weighted by atomic mass is 35.5. The molecular formula is C16H25ClN2O. The molecule has 3 N–H and O–H groups in total. The van der Waals surface area contributed by atoms with E-state index in [2.05, 4.69) is 26.1 Å². The third-order valence-electron chi connectivity index (χ3n) is 3.48. The number of amides is 1. The lowest BCUT2D eigenvalue weighted by Gasteiger charge is -2.23. The summed E-state index contributed by atoms with van der Waals surface area (Å²) in [7, 11) is 0. The summed E-state index contributed by atoms with van der Waals surface area (Å²) >= 11 is 5.90. The predicted molar refractivity (Wildman–Crippen MR) is 84.6 cm³/mol. The summed E-state index contributed by atoms with van der Waals surface area (Å²) in [6, 6.07) is 7.67. The summed E-state index contributed by atoms with van der Waals surface area (Å²) in [5, 5.41) is 3.82. The molecule has 3 nitrogen and oxygen atoms in total. The fourth-order valence-electron chi connectivity index (χ4n) is 2.05. The van der Waals surface area contributed by atoms with Gasteiger partial charge in [-0.1, -0.05) is 44.5 Å². The zero-order valence-corrected chi connectivity index (χ0v) is 13.3. The molecule has 2 unspecified atom stereocenters. The van der Waals surface area contributed by atoms with E-state index in [-0.39, 0.29) is 11.9 Å². The molecule has 1 amide bonds. The average Bonchev–Trinajstić information content (AvgIpc) is 2.43. The van der Waals surface area contributed by atoms with Crippen LogP contribution in [0.5, 0.6) is 0 Å². The molecule has 0 radical (unpaired) electrons. The topological polar surface area (TPSA) is 55.1 Å². The van der Waals surface area contributed by atoms with Crippen LogP contribution in [0.3, 0.4) is 0 Å². The zero-order chi connectivity index (χ0) is 15.1. The van der Waals surface area contributed by atoms with Crippen LogP contribution in [-0.2, 0) is 4.79 Å². The number of benzene rings is 1. The number of nitrogens with one attached hydrogen (secondary N) is 1. The van der Waals surface area contributed by atoms with Crippen molar-refractivity contribution in [1.29, 1.82) is 0 Å². The standard InChI is InChI=1S/C16H25ClN2O/c1-11(2)16(13-5-7-14(17)8-6-13)19-15(20)9-4-12(3)10-18/h5-8,11-12,16H,4,9-10,18H2,1-3H3,(H,19,20). The lowest BCUT2D eigenvalue weighted by Crippen LogP contribution is -2.32. The first kappa shape index (κ1) is 17.0.